The highest BCUT2D eigenvalue weighted by atomic mass is 35.5. The van der Waals surface area contributed by atoms with Gasteiger partial charge >= 0.3 is 0 Å². The number of carbonyl (C=O) groups excluding carboxylic acids is 3. The number of nitrogens with one attached hydrogen (secondary N) is 2. The maximum Gasteiger partial charge on any atom is 0.276 e. The summed E-state index contributed by atoms with van der Waals surface area (Å²) in [6.07, 6.45) is -0.696. The van der Waals surface area contributed by atoms with Gasteiger partial charge in [0.05, 0.1) is 0 Å². The maximum atomic E-state index is 11.3. The molecule has 0 aromatic heterocycles. The molecule has 0 unspecified atom stereocenters. The highest BCUT2D eigenvalue weighted by Gasteiger charge is 2.05. The van der Waals surface area contributed by atoms with Crippen LogP contribution in [0.15, 0.2) is 24.3 Å². The number of carboxylic acid groups (broad SMARTS) is 1. The van der Waals surface area contributed by atoms with Gasteiger partial charge in [0.25, 0.3) is 5.91 Å². The van der Waals surface area contributed by atoms with Crippen molar-refractivity contribution < 1.29 is 24.2 Å². The third-order valence-corrected chi connectivity index (χ3v) is 2.30. The first-order valence-corrected chi connectivity index (χ1v) is 6.01. The van der Waals surface area contributed by atoms with Gasteiger partial charge in [-0.1, -0.05) is 17.7 Å². The van der Waals surface area contributed by atoms with Crippen molar-refractivity contribution in [3.63, 3.8) is 0 Å². The van der Waals surface area contributed by atoms with Crippen LogP contribution in [0.2, 0.25) is 5.02 Å². The van der Waals surface area contributed by atoms with Crippen molar-refractivity contribution in [2.24, 2.45) is 0 Å². The fraction of sp³-hybridized carbons (Fsp3) is 0.250. The second-order valence-electron chi connectivity index (χ2n) is 3.71. The Kier molecular flexibility index (Phi) is 6.31. The predicted octanol–water partition coefficient (Wildman–Crippen LogP) is -0.604. The summed E-state index contributed by atoms with van der Waals surface area (Å²) in [6, 6.07) is 6.48. The Morgan fingerprint density at radius 3 is 2.50 bits per heavy atom. The number of carbonyl (C=O) groups is 3. The molecule has 1 rings (SSSR count). The zero-order valence-corrected chi connectivity index (χ0v) is 11.1. The second kappa shape index (κ2) is 8.00. The number of rotatable bonds is 6. The van der Waals surface area contributed by atoms with Crippen molar-refractivity contribution in [3.05, 3.63) is 29.3 Å². The normalized spacial score (nSPS) is 9.65. The van der Waals surface area contributed by atoms with E-state index in [1.54, 1.807) is 18.2 Å². The summed E-state index contributed by atoms with van der Waals surface area (Å²) >= 11 is 5.73. The van der Waals surface area contributed by atoms with Crippen LogP contribution < -0.4 is 20.7 Å². The maximum absolute atomic E-state index is 11.3. The Bertz CT molecular complexity index is 506. The highest BCUT2D eigenvalue weighted by Crippen LogP contribution is 2.16. The van der Waals surface area contributed by atoms with Crippen LogP contribution in [0, 0.1) is 0 Å². The molecule has 7 nitrogen and oxygen atoms in total. The molecule has 0 saturated carbocycles. The van der Waals surface area contributed by atoms with Gasteiger partial charge in [-0.05, 0) is 24.6 Å². The molecule has 0 fully saturated rings. The van der Waals surface area contributed by atoms with Crippen molar-refractivity contribution in [1.82, 2.24) is 10.9 Å². The van der Waals surface area contributed by atoms with Crippen LogP contribution in [0.5, 0.6) is 5.75 Å². The minimum Gasteiger partial charge on any atom is -0.550 e. The lowest BCUT2D eigenvalue weighted by Gasteiger charge is -2.09. The minimum absolute atomic E-state index is 0.280. The largest absolute Gasteiger partial charge is 0.550 e. The quantitative estimate of drug-likeness (QED) is 0.682. The number of carboxylic acids is 1. The van der Waals surface area contributed by atoms with Gasteiger partial charge in [0, 0.05) is 17.4 Å². The van der Waals surface area contributed by atoms with E-state index in [0.717, 1.165) is 0 Å². The third kappa shape index (κ3) is 6.60. The number of hydrogen-bond donors (Lipinski definition) is 2. The van der Waals surface area contributed by atoms with Crippen LogP contribution in [0.4, 0.5) is 0 Å². The topological polar surface area (TPSA) is 108 Å². The number of benzene rings is 1. The first-order chi connectivity index (χ1) is 9.47. The molecule has 0 aliphatic rings. The molecular formula is C12H12ClN2O5-. The molecule has 108 valence electrons. The minimum atomic E-state index is -1.34. The molecule has 0 heterocycles. The summed E-state index contributed by atoms with van der Waals surface area (Å²) in [6.45, 7) is -0.318. The van der Waals surface area contributed by atoms with Crippen molar-refractivity contribution in [2.75, 3.05) is 6.61 Å². The van der Waals surface area contributed by atoms with Crippen LogP contribution in [0.3, 0.4) is 0 Å². The fourth-order valence-corrected chi connectivity index (χ4v) is 1.34. The molecule has 0 saturated heterocycles. The van der Waals surface area contributed by atoms with E-state index in [-0.39, 0.29) is 13.0 Å². The lowest BCUT2D eigenvalue weighted by atomic mass is 10.3. The predicted molar refractivity (Wildman–Crippen MR) is 67.5 cm³/mol. The van der Waals surface area contributed by atoms with Crippen molar-refractivity contribution in [3.8, 4) is 5.75 Å². The van der Waals surface area contributed by atoms with Crippen LogP contribution in [0.1, 0.15) is 12.8 Å². The summed E-state index contributed by atoms with van der Waals surface area (Å²) in [5.41, 5.74) is 4.13. The summed E-state index contributed by atoms with van der Waals surface area (Å²) in [5.74, 6) is -2.15. The molecule has 20 heavy (non-hydrogen) atoms. The molecule has 0 aliphatic heterocycles. The molecule has 0 bridgehead atoms. The van der Waals surface area contributed by atoms with E-state index in [2.05, 4.69) is 5.43 Å². The van der Waals surface area contributed by atoms with Gasteiger partial charge in [-0.15, -0.1) is 0 Å². The second-order valence-corrected chi connectivity index (χ2v) is 4.15. The molecule has 0 aliphatic carbocycles. The molecule has 0 spiro atoms. The standard InChI is InChI=1S/C12H13ClN2O5/c13-8-2-1-3-9(6-8)20-7-11(17)15-14-10(16)4-5-12(18)19/h1-3,6H,4-5,7H2,(H,14,16)(H,15,17)(H,18,19)/p-1. The zero-order valence-electron chi connectivity index (χ0n) is 10.3. The van der Waals surface area contributed by atoms with E-state index in [0.29, 0.717) is 10.8 Å². The third-order valence-electron chi connectivity index (χ3n) is 2.06. The smallest absolute Gasteiger partial charge is 0.276 e. The molecule has 0 radical (unpaired) electrons. The number of hydrazine groups is 1. The molecule has 8 heteroatoms. The summed E-state index contributed by atoms with van der Waals surface area (Å²) < 4.78 is 5.13. The van der Waals surface area contributed by atoms with Crippen LogP contribution >= 0.6 is 11.6 Å². The van der Waals surface area contributed by atoms with E-state index >= 15 is 0 Å². The number of halogens is 1. The molecule has 1 aromatic rings. The fourth-order valence-electron chi connectivity index (χ4n) is 1.16. The average molecular weight is 300 g/mol. The highest BCUT2D eigenvalue weighted by molar-refractivity contribution is 6.30. The number of hydrogen-bond acceptors (Lipinski definition) is 5. The van der Waals surface area contributed by atoms with Crippen LogP contribution in [-0.4, -0.2) is 24.4 Å². The number of ether oxygens (including phenoxy) is 1. The molecule has 0 atom stereocenters. The summed E-state index contributed by atoms with van der Waals surface area (Å²) in [5, 5.41) is 10.6. The van der Waals surface area contributed by atoms with Gasteiger partial charge in [0.2, 0.25) is 5.91 Å². The van der Waals surface area contributed by atoms with Crippen LogP contribution in [-0.2, 0) is 14.4 Å². The van der Waals surface area contributed by atoms with Crippen molar-refractivity contribution in [1.29, 1.82) is 0 Å². The first-order valence-electron chi connectivity index (χ1n) is 5.63. The Morgan fingerprint density at radius 1 is 1.15 bits per heavy atom. The van der Waals surface area contributed by atoms with Crippen molar-refractivity contribution in [2.45, 2.75) is 12.8 Å². The van der Waals surface area contributed by atoms with Gasteiger partial charge in [0.1, 0.15) is 5.75 Å². The van der Waals surface area contributed by atoms with Gasteiger partial charge < -0.3 is 14.6 Å². The molecule has 1 aromatic carbocycles. The van der Waals surface area contributed by atoms with Gasteiger partial charge in [-0.2, -0.15) is 0 Å². The number of aliphatic carboxylic acids is 1. The molecule has 2 N–H and O–H groups in total. The van der Waals surface area contributed by atoms with E-state index in [1.165, 1.54) is 6.07 Å². The Morgan fingerprint density at radius 2 is 1.85 bits per heavy atom. The van der Waals surface area contributed by atoms with E-state index in [9.17, 15) is 19.5 Å². The summed E-state index contributed by atoms with van der Waals surface area (Å²) in [4.78, 5) is 32.5. The Hall–Kier alpha value is -2.28. The monoisotopic (exact) mass is 299 g/mol. The number of amides is 2. The SMILES string of the molecule is O=C([O-])CCC(=O)NNC(=O)COc1cccc(Cl)c1. The lowest BCUT2D eigenvalue weighted by Crippen LogP contribution is -2.44. The molecule has 2 amide bonds. The zero-order chi connectivity index (χ0) is 15.0. The first kappa shape index (κ1) is 15.8. The summed E-state index contributed by atoms with van der Waals surface area (Å²) in [7, 11) is 0. The Balaban J connectivity index is 2.23. The molecular weight excluding hydrogens is 288 g/mol. The van der Waals surface area contributed by atoms with Crippen molar-refractivity contribution >= 4 is 29.4 Å². The lowest BCUT2D eigenvalue weighted by molar-refractivity contribution is -0.305. The van der Waals surface area contributed by atoms with Crippen LogP contribution in [0.25, 0.3) is 0 Å². The average Bonchev–Trinajstić information content (AvgIpc) is 2.40. The van der Waals surface area contributed by atoms with Gasteiger partial charge in [-0.3, -0.25) is 20.4 Å². The van der Waals surface area contributed by atoms with Gasteiger partial charge in [0.15, 0.2) is 6.61 Å². The Labute approximate surface area is 119 Å². The van der Waals surface area contributed by atoms with E-state index in [1.807, 2.05) is 5.43 Å². The van der Waals surface area contributed by atoms with E-state index < -0.39 is 24.2 Å². The van der Waals surface area contributed by atoms with Gasteiger partial charge in [-0.25, -0.2) is 0 Å². The van der Waals surface area contributed by atoms with E-state index in [4.69, 9.17) is 16.3 Å².